The molecule has 0 aliphatic rings. The molecule has 0 saturated heterocycles. The summed E-state index contributed by atoms with van der Waals surface area (Å²) in [6.07, 6.45) is 0. The second-order valence-electron chi connectivity index (χ2n) is 3.94. The number of hydrogen-bond donors (Lipinski definition) is 1. The third kappa shape index (κ3) is 2.32. The van der Waals surface area contributed by atoms with E-state index in [0.29, 0.717) is 17.5 Å². The molecule has 2 heterocycles. The summed E-state index contributed by atoms with van der Waals surface area (Å²) in [5.41, 5.74) is 1.42. The lowest BCUT2D eigenvalue weighted by Gasteiger charge is -2.06. The van der Waals surface area contributed by atoms with Crippen molar-refractivity contribution in [2.24, 2.45) is 7.05 Å². The van der Waals surface area contributed by atoms with Crippen LogP contribution in [0.5, 0.6) is 11.8 Å². The van der Waals surface area contributed by atoms with Crippen molar-refractivity contribution in [3.05, 3.63) is 35.2 Å². The second kappa shape index (κ2) is 4.48. The molecule has 6 heteroatoms. The summed E-state index contributed by atoms with van der Waals surface area (Å²) >= 11 is 0. The Morgan fingerprint density at radius 2 is 2.11 bits per heavy atom. The number of carboxylic acid groups (broad SMARTS) is 1. The highest BCUT2D eigenvalue weighted by molar-refractivity contribution is 5.88. The Balaban J connectivity index is 2.28. The van der Waals surface area contributed by atoms with E-state index >= 15 is 0 Å². The quantitative estimate of drug-likeness (QED) is 0.896. The highest BCUT2D eigenvalue weighted by Gasteiger charge is 2.11. The molecule has 2 aromatic heterocycles. The van der Waals surface area contributed by atoms with Crippen LogP contribution < -0.4 is 4.74 Å². The lowest BCUT2D eigenvalue weighted by atomic mass is 10.2. The number of rotatable bonds is 3. The standard InChI is InChI=1S/C12H13N3O3/c1-7-6-11(15(3)14-7)18-10-5-4-9(12(16)17)8(2)13-10/h4-6H,1-3H3,(H,16,17). The van der Waals surface area contributed by atoms with Crippen molar-refractivity contribution in [3.8, 4) is 11.8 Å². The van der Waals surface area contributed by atoms with Crippen LogP contribution in [0, 0.1) is 13.8 Å². The molecule has 0 spiro atoms. The van der Waals surface area contributed by atoms with Crippen LogP contribution in [0.1, 0.15) is 21.7 Å². The molecule has 0 amide bonds. The minimum atomic E-state index is -0.997. The molecule has 0 atom stereocenters. The van der Waals surface area contributed by atoms with Crippen molar-refractivity contribution >= 4 is 5.97 Å². The Morgan fingerprint density at radius 1 is 1.39 bits per heavy atom. The second-order valence-corrected chi connectivity index (χ2v) is 3.94. The average Bonchev–Trinajstić information content (AvgIpc) is 2.57. The monoisotopic (exact) mass is 247 g/mol. The van der Waals surface area contributed by atoms with E-state index in [1.54, 1.807) is 24.7 Å². The average molecular weight is 247 g/mol. The molecular formula is C12H13N3O3. The van der Waals surface area contributed by atoms with Gasteiger partial charge in [-0.3, -0.25) is 0 Å². The maximum Gasteiger partial charge on any atom is 0.337 e. The van der Waals surface area contributed by atoms with Gasteiger partial charge in [0, 0.05) is 19.2 Å². The van der Waals surface area contributed by atoms with Gasteiger partial charge in [-0.1, -0.05) is 0 Å². The van der Waals surface area contributed by atoms with Crippen molar-refractivity contribution in [2.45, 2.75) is 13.8 Å². The van der Waals surface area contributed by atoms with E-state index in [1.165, 1.54) is 12.1 Å². The van der Waals surface area contributed by atoms with Gasteiger partial charge in [-0.2, -0.15) is 5.10 Å². The van der Waals surface area contributed by atoms with E-state index in [0.717, 1.165) is 5.69 Å². The van der Waals surface area contributed by atoms with Crippen LogP contribution in [-0.2, 0) is 7.05 Å². The van der Waals surface area contributed by atoms with Crippen LogP contribution in [0.3, 0.4) is 0 Å². The van der Waals surface area contributed by atoms with Crippen molar-refractivity contribution in [1.82, 2.24) is 14.8 Å². The van der Waals surface area contributed by atoms with Crippen molar-refractivity contribution < 1.29 is 14.6 Å². The number of nitrogens with zero attached hydrogens (tertiary/aromatic N) is 3. The molecule has 2 rings (SSSR count). The number of carboxylic acids is 1. The van der Waals surface area contributed by atoms with Crippen LogP contribution in [0.25, 0.3) is 0 Å². The van der Waals surface area contributed by atoms with E-state index in [1.807, 2.05) is 6.92 Å². The van der Waals surface area contributed by atoms with Gasteiger partial charge in [0.05, 0.1) is 17.0 Å². The summed E-state index contributed by atoms with van der Waals surface area (Å²) in [5.74, 6) is -0.0918. The summed E-state index contributed by atoms with van der Waals surface area (Å²) in [7, 11) is 1.76. The van der Waals surface area contributed by atoms with E-state index in [-0.39, 0.29) is 5.56 Å². The molecule has 6 nitrogen and oxygen atoms in total. The zero-order valence-corrected chi connectivity index (χ0v) is 10.3. The number of hydrogen-bond acceptors (Lipinski definition) is 4. The molecule has 94 valence electrons. The summed E-state index contributed by atoms with van der Waals surface area (Å²) < 4.78 is 7.14. The Kier molecular flexibility index (Phi) is 3.01. The fourth-order valence-corrected chi connectivity index (χ4v) is 1.61. The molecule has 1 N–H and O–H groups in total. The first-order chi connectivity index (χ1) is 8.47. The van der Waals surface area contributed by atoms with E-state index < -0.39 is 5.97 Å². The molecule has 0 bridgehead atoms. The molecular weight excluding hydrogens is 234 g/mol. The van der Waals surface area contributed by atoms with Crippen molar-refractivity contribution in [3.63, 3.8) is 0 Å². The Morgan fingerprint density at radius 3 is 2.61 bits per heavy atom. The van der Waals surface area contributed by atoms with Crippen LogP contribution >= 0.6 is 0 Å². The van der Waals surface area contributed by atoms with E-state index in [9.17, 15) is 4.79 Å². The van der Waals surface area contributed by atoms with Gasteiger partial charge in [-0.15, -0.1) is 0 Å². The maximum atomic E-state index is 10.9. The zero-order valence-electron chi connectivity index (χ0n) is 10.3. The van der Waals surface area contributed by atoms with Gasteiger partial charge in [0.1, 0.15) is 0 Å². The minimum absolute atomic E-state index is 0.170. The van der Waals surface area contributed by atoms with Crippen LogP contribution in [0.15, 0.2) is 18.2 Å². The van der Waals surface area contributed by atoms with Gasteiger partial charge in [0.2, 0.25) is 11.8 Å². The first-order valence-corrected chi connectivity index (χ1v) is 5.37. The third-order valence-electron chi connectivity index (χ3n) is 2.46. The van der Waals surface area contributed by atoms with Crippen LogP contribution in [-0.4, -0.2) is 25.8 Å². The van der Waals surface area contributed by atoms with Crippen LogP contribution in [0.4, 0.5) is 0 Å². The number of aromatic nitrogens is 3. The number of carbonyl (C=O) groups is 1. The molecule has 0 aromatic carbocycles. The largest absolute Gasteiger partial charge is 0.478 e. The van der Waals surface area contributed by atoms with Gasteiger partial charge in [-0.05, 0) is 19.9 Å². The van der Waals surface area contributed by atoms with E-state index in [2.05, 4.69) is 10.1 Å². The van der Waals surface area contributed by atoms with Gasteiger partial charge >= 0.3 is 5.97 Å². The highest BCUT2D eigenvalue weighted by atomic mass is 16.5. The van der Waals surface area contributed by atoms with Gasteiger partial charge in [0.25, 0.3) is 0 Å². The highest BCUT2D eigenvalue weighted by Crippen LogP contribution is 2.21. The lowest BCUT2D eigenvalue weighted by Crippen LogP contribution is -2.03. The number of aryl methyl sites for hydroxylation is 3. The Hall–Kier alpha value is -2.37. The van der Waals surface area contributed by atoms with Gasteiger partial charge in [0.15, 0.2) is 0 Å². The normalized spacial score (nSPS) is 10.4. The molecule has 0 aliphatic carbocycles. The Labute approximate surface area is 104 Å². The predicted molar refractivity (Wildman–Crippen MR) is 64.0 cm³/mol. The summed E-state index contributed by atoms with van der Waals surface area (Å²) in [6, 6.07) is 4.78. The Bertz CT molecular complexity index is 605. The minimum Gasteiger partial charge on any atom is -0.478 e. The van der Waals surface area contributed by atoms with Crippen LogP contribution in [0.2, 0.25) is 0 Å². The first kappa shape index (κ1) is 12.1. The molecule has 0 aliphatic heterocycles. The molecule has 0 fully saturated rings. The molecule has 0 unspecified atom stereocenters. The third-order valence-corrected chi connectivity index (χ3v) is 2.46. The van der Waals surface area contributed by atoms with E-state index in [4.69, 9.17) is 9.84 Å². The number of pyridine rings is 1. The molecule has 2 aromatic rings. The topological polar surface area (TPSA) is 77.2 Å². The lowest BCUT2D eigenvalue weighted by molar-refractivity contribution is 0.0695. The summed E-state index contributed by atoms with van der Waals surface area (Å²) in [4.78, 5) is 14.9. The SMILES string of the molecule is Cc1cc(Oc2ccc(C(=O)O)c(C)n2)n(C)n1. The van der Waals surface area contributed by atoms with Crippen molar-refractivity contribution in [2.75, 3.05) is 0 Å². The molecule has 18 heavy (non-hydrogen) atoms. The first-order valence-electron chi connectivity index (χ1n) is 5.37. The molecule has 0 saturated carbocycles. The summed E-state index contributed by atoms with van der Waals surface area (Å²) in [6.45, 7) is 3.49. The number of ether oxygens (including phenoxy) is 1. The zero-order chi connectivity index (χ0) is 13.3. The van der Waals surface area contributed by atoms with Gasteiger partial charge in [-0.25, -0.2) is 14.5 Å². The van der Waals surface area contributed by atoms with Crippen molar-refractivity contribution in [1.29, 1.82) is 0 Å². The fourth-order valence-electron chi connectivity index (χ4n) is 1.61. The van der Waals surface area contributed by atoms with Gasteiger partial charge < -0.3 is 9.84 Å². The number of aromatic carboxylic acids is 1. The smallest absolute Gasteiger partial charge is 0.337 e. The maximum absolute atomic E-state index is 10.9. The molecule has 0 radical (unpaired) electrons. The summed E-state index contributed by atoms with van der Waals surface area (Å²) in [5, 5.41) is 13.0. The fraction of sp³-hybridized carbons (Fsp3) is 0.250. The predicted octanol–water partition coefficient (Wildman–Crippen LogP) is 1.92.